The van der Waals surface area contributed by atoms with E-state index >= 15 is 0 Å². The first-order valence-corrected chi connectivity index (χ1v) is 5.56. The molecule has 0 unspecified atom stereocenters. The van der Waals surface area contributed by atoms with Crippen LogP contribution in [0.4, 0.5) is 0 Å². The number of amides is 2. The number of nitrogens with one attached hydrogen (secondary N) is 2. The Morgan fingerprint density at radius 2 is 1.88 bits per heavy atom. The number of hydrogen-bond acceptors (Lipinski definition) is 3. The monoisotopic (exact) mass is 229 g/mol. The van der Waals surface area contributed by atoms with Crippen molar-refractivity contribution in [3.05, 3.63) is 0 Å². The van der Waals surface area contributed by atoms with Gasteiger partial charge >= 0.3 is 0 Å². The molecule has 0 aromatic carbocycles. The second-order valence-corrected chi connectivity index (χ2v) is 4.31. The van der Waals surface area contributed by atoms with Crippen LogP contribution in [-0.2, 0) is 9.59 Å². The fourth-order valence-corrected chi connectivity index (χ4v) is 1.49. The van der Waals surface area contributed by atoms with E-state index < -0.39 is 5.54 Å². The van der Waals surface area contributed by atoms with Gasteiger partial charge in [0.15, 0.2) is 0 Å². The summed E-state index contributed by atoms with van der Waals surface area (Å²) in [5.74, 6) is -0.0563. The topological polar surface area (TPSA) is 61.4 Å². The number of rotatable bonds is 6. The van der Waals surface area contributed by atoms with Gasteiger partial charge < -0.3 is 15.5 Å². The maximum atomic E-state index is 12.0. The van der Waals surface area contributed by atoms with Gasteiger partial charge in [-0.2, -0.15) is 0 Å². The smallest absolute Gasteiger partial charge is 0.242 e. The third kappa shape index (κ3) is 4.61. The van der Waals surface area contributed by atoms with Crippen LogP contribution in [0.5, 0.6) is 0 Å². The first-order valence-electron chi connectivity index (χ1n) is 5.56. The Morgan fingerprint density at radius 1 is 1.31 bits per heavy atom. The molecule has 0 rings (SSSR count). The molecule has 0 bridgehead atoms. The summed E-state index contributed by atoms with van der Waals surface area (Å²) in [7, 11) is 3.30. The minimum atomic E-state index is -0.577. The van der Waals surface area contributed by atoms with Gasteiger partial charge in [0, 0.05) is 27.1 Å². The van der Waals surface area contributed by atoms with Crippen molar-refractivity contribution in [1.82, 2.24) is 15.5 Å². The molecule has 5 nitrogen and oxygen atoms in total. The van der Waals surface area contributed by atoms with Crippen molar-refractivity contribution in [3.63, 3.8) is 0 Å². The molecule has 2 N–H and O–H groups in total. The number of carbonyl (C=O) groups is 2. The maximum absolute atomic E-state index is 12.0. The van der Waals surface area contributed by atoms with Crippen molar-refractivity contribution >= 4 is 11.8 Å². The van der Waals surface area contributed by atoms with Crippen LogP contribution in [0.2, 0.25) is 0 Å². The summed E-state index contributed by atoms with van der Waals surface area (Å²) in [6, 6.07) is 0. The van der Waals surface area contributed by atoms with Crippen LogP contribution in [-0.4, -0.2) is 49.4 Å². The molecule has 0 aliphatic heterocycles. The fourth-order valence-electron chi connectivity index (χ4n) is 1.49. The van der Waals surface area contributed by atoms with E-state index in [0.29, 0.717) is 13.0 Å². The standard InChI is InChI=1S/C11H23N3O2/c1-6-13-11(2,3)10(16)14(5)8-7-9(15)12-4/h13H,6-8H2,1-5H3,(H,12,15). The van der Waals surface area contributed by atoms with E-state index in [1.54, 1.807) is 19.0 Å². The van der Waals surface area contributed by atoms with Crippen molar-refractivity contribution in [2.45, 2.75) is 32.7 Å². The van der Waals surface area contributed by atoms with Crippen molar-refractivity contribution in [3.8, 4) is 0 Å². The predicted octanol–water partition coefficient (Wildman–Crippen LogP) is -0.0310. The van der Waals surface area contributed by atoms with Crippen molar-refractivity contribution in [1.29, 1.82) is 0 Å². The average molecular weight is 229 g/mol. The van der Waals surface area contributed by atoms with Gasteiger partial charge in [-0.1, -0.05) is 6.92 Å². The van der Waals surface area contributed by atoms with Crippen LogP contribution in [0.15, 0.2) is 0 Å². The quantitative estimate of drug-likeness (QED) is 0.672. The lowest BCUT2D eigenvalue weighted by Crippen LogP contribution is -2.53. The Balaban J connectivity index is 4.22. The minimum absolute atomic E-state index is 0.00162. The lowest BCUT2D eigenvalue weighted by atomic mass is 10.0. The Morgan fingerprint density at radius 3 is 2.31 bits per heavy atom. The van der Waals surface area contributed by atoms with Crippen LogP contribution < -0.4 is 10.6 Å². The molecular formula is C11H23N3O2. The summed E-state index contributed by atoms with van der Waals surface area (Å²) < 4.78 is 0. The molecule has 0 aliphatic rings. The summed E-state index contributed by atoms with van der Waals surface area (Å²) in [6.45, 7) is 6.82. The molecule has 0 aliphatic carbocycles. The van der Waals surface area contributed by atoms with Crippen LogP contribution >= 0.6 is 0 Å². The third-order valence-electron chi connectivity index (χ3n) is 2.45. The second-order valence-electron chi connectivity index (χ2n) is 4.31. The van der Waals surface area contributed by atoms with E-state index in [-0.39, 0.29) is 11.8 Å². The SMILES string of the molecule is CCNC(C)(C)C(=O)N(C)CCC(=O)NC. The highest BCUT2D eigenvalue weighted by atomic mass is 16.2. The van der Waals surface area contributed by atoms with E-state index in [1.807, 2.05) is 20.8 Å². The van der Waals surface area contributed by atoms with Crippen LogP contribution in [0.1, 0.15) is 27.2 Å². The Kier molecular flexibility index (Phi) is 6.03. The summed E-state index contributed by atoms with van der Waals surface area (Å²) in [5.41, 5.74) is -0.577. The van der Waals surface area contributed by atoms with Crippen molar-refractivity contribution in [2.24, 2.45) is 0 Å². The Bertz CT molecular complexity index is 252. The Hall–Kier alpha value is -1.10. The van der Waals surface area contributed by atoms with Crippen LogP contribution in [0, 0.1) is 0 Å². The molecule has 5 heteroatoms. The van der Waals surface area contributed by atoms with E-state index in [9.17, 15) is 9.59 Å². The lowest BCUT2D eigenvalue weighted by Gasteiger charge is -2.29. The van der Waals surface area contributed by atoms with Gasteiger partial charge in [0.05, 0.1) is 5.54 Å². The molecule has 0 saturated carbocycles. The second kappa shape index (κ2) is 6.48. The minimum Gasteiger partial charge on any atom is -0.359 e. The first kappa shape index (κ1) is 14.9. The zero-order chi connectivity index (χ0) is 12.8. The van der Waals surface area contributed by atoms with E-state index in [0.717, 1.165) is 6.54 Å². The largest absolute Gasteiger partial charge is 0.359 e. The average Bonchev–Trinajstić information content (AvgIpc) is 2.24. The van der Waals surface area contributed by atoms with Crippen LogP contribution in [0.3, 0.4) is 0 Å². The Labute approximate surface area is 97.6 Å². The third-order valence-corrected chi connectivity index (χ3v) is 2.45. The number of nitrogens with zero attached hydrogens (tertiary/aromatic N) is 1. The fraction of sp³-hybridized carbons (Fsp3) is 0.818. The summed E-state index contributed by atoms with van der Waals surface area (Å²) in [4.78, 5) is 24.6. The van der Waals surface area contributed by atoms with E-state index in [2.05, 4.69) is 10.6 Å². The predicted molar refractivity (Wildman–Crippen MR) is 64.1 cm³/mol. The number of likely N-dealkylation sites (N-methyl/N-ethyl adjacent to an activating group) is 2. The first-order chi connectivity index (χ1) is 7.35. The van der Waals surface area contributed by atoms with Gasteiger partial charge in [-0.3, -0.25) is 9.59 Å². The van der Waals surface area contributed by atoms with Gasteiger partial charge in [-0.25, -0.2) is 0 Å². The molecule has 0 saturated heterocycles. The van der Waals surface area contributed by atoms with Gasteiger partial charge in [0.1, 0.15) is 0 Å². The van der Waals surface area contributed by atoms with Gasteiger partial charge in [0.2, 0.25) is 11.8 Å². The molecular weight excluding hydrogens is 206 g/mol. The highest BCUT2D eigenvalue weighted by Crippen LogP contribution is 2.06. The highest BCUT2D eigenvalue weighted by molar-refractivity contribution is 5.85. The molecule has 0 aromatic rings. The zero-order valence-corrected chi connectivity index (χ0v) is 10.9. The van der Waals surface area contributed by atoms with Gasteiger partial charge in [-0.15, -0.1) is 0 Å². The van der Waals surface area contributed by atoms with Gasteiger partial charge in [0.25, 0.3) is 0 Å². The lowest BCUT2D eigenvalue weighted by molar-refractivity contribution is -0.136. The number of hydrogen-bond donors (Lipinski definition) is 2. The van der Waals surface area contributed by atoms with E-state index in [1.165, 1.54) is 0 Å². The van der Waals surface area contributed by atoms with Crippen molar-refractivity contribution in [2.75, 3.05) is 27.2 Å². The molecule has 0 aromatic heterocycles. The summed E-state index contributed by atoms with van der Waals surface area (Å²) >= 11 is 0. The molecule has 0 atom stereocenters. The maximum Gasteiger partial charge on any atom is 0.242 e. The molecule has 0 heterocycles. The molecule has 94 valence electrons. The van der Waals surface area contributed by atoms with E-state index in [4.69, 9.17) is 0 Å². The molecule has 0 spiro atoms. The summed E-state index contributed by atoms with van der Waals surface area (Å²) in [6.07, 6.45) is 0.334. The molecule has 16 heavy (non-hydrogen) atoms. The number of carbonyl (C=O) groups excluding carboxylic acids is 2. The normalized spacial score (nSPS) is 11.1. The van der Waals surface area contributed by atoms with Crippen LogP contribution in [0.25, 0.3) is 0 Å². The molecule has 0 fully saturated rings. The highest BCUT2D eigenvalue weighted by Gasteiger charge is 2.29. The molecule has 0 radical (unpaired) electrons. The molecule has 2 amide bonds. The van der Waals surface area contributed by atoms with Crippen molar-refractivity contribution < 1.29 is 9.59 Å². The summed E-state index contributed by atoms with van der Waals surface area (Å²) in [5, 5.41) is 5.64. The zero-order valence-electron chi connectivity index (χ0n) is 10.9. The van der Waals surface area contributed by atoms with Gasteiger partial charge in [-0.05, 0) is 20.4 Å².